The number of anilines is 2. The van der Waals surface area contributed by atoms with Gasteiger partial charge in [-0.1, -0.05) is 17.7 Å². The Morgan fingerprint density at radius 2 is 1.86 bits per heavy atom. The van der Waals surface area contributed by atoms with Gasteiger partial charge in [-0.15, -0.1) is 0 Å². The van der Waals surface area contributed by atoms with Gasteiger partial charge in [-0.2, -0.15) is 0 Å². The third-order valence-electron chi connectivity index (χ3n) is 3.47. The van der Waals surface area contributed by atoms with Crippen molar-refractivity contribution in [3.05, 3.63) is 53.1 Å². The minimum Gasteiger partial charge on any atom is -0.496 e. The number of nitrogens with two attached hydrogens (primary N) is 1. The maximum atomic E-state index is 12.7. The number of methoxy groups -OCH3 is 1. The van der Waals surface area contributed by atoms with Gasteiger partial charge in [0.1, 0.15) is 5.75 Å². The van der Waals surface area contributed by atoms with E-state index in [2.05, 4.69) is 6.07 Å². The van der Waals surface area contributed by atoms with E-state index in [1.807, 2.05) is 26.0 Å². The van der Waals surface area contributed by atoms with Gasteiger partial charge in [0, 0.05) is 24.5 Å². The van der Waals surface area contributed by atoms with Crippen LogP contribution in [0.5, 0.6) is 5.75 Å². The van der Waals surface area contributed by atoms with Crippen LogP contribution in [-0.2, 0) is 0 Å². The second-order valence-corrected chi connectivity index (χ2v) is 5.11. The molecule has 0 atom stereocenters. The van der Waals surface area contributed by atoms with Gasteiger partial charge >= 0.3 is 0 Å². The van der Waals surface area contributed by atoms with Gasteiger partial charge in [-0.25, -0.2) is 0 Å². The van der Waals surface area contributed by atoms with E-state index < -0.39 is 0 Å². The van der Waals surface area contributed by atoms with Crippen LogP contribution in [0.4, 0.5) is 11.4 Å². The van der Waals surface area contributed by atoms with Crippen LogP contribution in [0, 0.1) is 13.8 Å². The van der Waals surface area contributed by atoms with E-state index in [1.54, 1.807) is 30.1 Å². The molecule has 0 bridgehead atoms. The highest BCUT2D eigenvalue weighted by atomic mass is 16.5. The highest BCUT2D eigenvalue weighted by Crippen LogP contribution is 2.26. The molecule has 0 radical (unpaired) electrons. The van der Waals surface area contributed by atoms with E-state index >= 15 is 0 Å². The molecule has 0 aliphatic heterocycles. The van der Waals surface area contributed by atoms with Crippen molar-refractivity contribution in [3.8, 4) is 5.75 Å². The number of ether oxygens (including phenoxy) is 1. The van der Waals surface area contributed by atoms with Gasteiger partial charge in [0.05, 0.1) is 12.7 Å². The number of carbonyl (C=O) groups excluding carboxylic acids is 1. The summed E-state index contributed by atoms with van der Waals surface area (Å²) in [6, 6.07) is 11.0. The molecule has 0 fully saturated rings. The molecule has 21 heavy (non-hydrogen) atoms. The predicted molar refractivity (Wildman–Crippen MR) is 86.1 cm³/mol. The third kappa shape index (κ3) is 2.99. The highest BCUT2D eigenvalue weighted by molar-refractivity contribution is 6.08. The molecule has 110 valence electrons. The summed E-state index contributed by atoms with van der Waals surface area (Å²) in [5, 5.41) is 0. The first-order valence-corrected chi connectivity index (χ1v) is 6.73. The molecule has 0 aliphatic rings. The van der Waals surface area contributed by atoms with Crippen LogP contribution in [0.15, 0.2) is 36.4 Å². The molecule has 2 rings (SSSR count). The first kappa shape index (κ1) is 14.9. The fourth-order valence-corrected chi connectivity index (χ4v) is 2.36. The first-order chi connectivity index (χ1) is 9.93. The van der Waals surface area contributed by atoms with Crippen molar-refractivity contribution < 1.29 is 9.53 Å². The van der Waals surface area contributed by atoms with Crippen LogP contribution in [0.2, 0.25) is 0 Å². The van der Waals surface area contributed by atoms with Crippen molar-refractivity contribution in [1.82, 2.24) is 0 Å². The van der Waals surface area contributed by atoms with E-state index in [1.165, 1.54) is 12.7 Å². The Kier molecular flexibility index (Phi) is 4.17. The van der Waals surface area contributed by atoms with Crippen LogP contribution in [-0.4, -0.2) is 20.1 Å². The molecule has 0 saturated carbocycles. The number of rotatable bonds is 3. The van der Waals surface area contributed by atoms with E-state index in [9.17, 15) is 4.79 Å². The highest BCUT2D eigenvalue weighted by Gasteiger charge is 2.19. The van der Waals surface area contributed by atoms with E-state index in [0.717, 1.165) is 11.3 Å². The quantitative estimate of drug-likeness (QED) is 0.881. The number of nitrogen functional groups attached to an aromatic ring is 1. The normalized spacial score (nSPS) is 10.3. The van der Waals surface area contributed by atoms with Gasteiger partial charge in [0.15, 0.2) is 0 Å². The Morgan fingerprint density at radius 1 is 1.14 bits per heavy atom. The molecule has 1 amide bonds. The van der Waals surface area contributed by atoms with Gasteiger partial charge in [-0.05, 0) is 37.6 Å². The van der Waals surface area contributed by atoms with Crippen LogP contribution in [0.1, 0.15) is 21.5 Å². The summed E-state index contributed by atoms with van der Waals surface area (Å²) in [4.78, 5) is 14.3. The smallest absolute Gasteiger partial charge is 0.261 e. The summed E-state index contributed by atoms with van der Waals surface area (Å²) in [7, 11) is 3.29. The maximum Gasteiger partial charge on any atom is 0.261 e. The van der Waals surface area contributed by atoms with Crippen LogP contribution >= 0.6 is 0 Å². The Labute approximate surface area is 125 Å². The molecule has 0 spiro atoms. The second kappa shape index (κ2) is 5.87. The Hall–Kier alpha value is -2.49. The van der Waals surface area contributed by atoms with Crippen molar-refractivity contribution in [2.75, 3.05) is 24.8 Å². The monoisotopic (exact) mass is 284 g/mol. The Bertz CT molecular complexity index is 680. The molecule has 0 saturated heterocycles. The summed E-state index contributed by atoms with van der Waals surface area (Å²) in [6.45, 7) is 4.02. The summed E-state index contributed by atoms with van der Waals surface area (Å²) < 4.78 is 5.26. The molecule has 0 aromatic heterocycles. The summed E-state index contributed by atoms with van der Waals surface area (Å²) in [5.41, 5.74) is 9.89. The summed E-state index contributed by atoms with van der Waals surface area (Å²) >= 11 is 0. The molecule has 2 N–H and O–H groups in total. The van der Waals surface area contributed by atoms with Crippen molar-refractivity contribution in [3.63, 3.8) is 0 Å². The molecule has 0 aliphatic carbocycles. The fourth-order valence-electron chi connectivity index (χ4n) is 2.36. The summed E-state index contributed by atoms with van der Waals surface area (Å²) in [5.74, 6) is 0.357. The molecule has 4 heteroatoms. The molecule has 0 heterocycles. The average molecular weight is 284 g/mol. The minimum atomic E-state index is -0.126. The van der Waals surface area contributed by atoms with Crippen molar-refractivity contribution in [1.29, 1.82) is 0 Å². The van der Waals surface area contributed by atoms with E-state index in [0.29, 0.717) is 17.0 Å². The van der Waals surface area contributed by atoms with Crippen molar-refractivity contribution in [2.45, 2.75) is 13.8 Å². The van der Waals surface area contributed by atoms with E-state index in [-0.39, 0.29) is 5.91 Å². The number of benzene rings is 2. The third-order valence-corrected chi connectivity index (χ3v) is 3.47. The lowest BCUT2D eigenvalue weighted by Gasteiger charge is -2.21. The van der Waals surface area contributed by atoms with Gasteiger partial charge in [-0.3, -0.25) is 4.79 Å². The standard InChI is InChI=1S/C17H20N2O2/c1-11-5-8-15(12(2)9-11)19(3)17(20)14-7-6-13(18)10-16(14)21-4/h5-10H,18H2,1-4H3. The molecule has 2 aromatic carbocycles. The lowest BCUT2D eigenvalue weighted by molar-refractivity contribution is 0.0990. The number of hydrogen-bond acceptors (Lipinski definition) is 3. The molecular formula is C17H20N2O2. The lowest BCUT2D eigenvalue weighted by Crippen LogP contribution is -2.27. The topological polar surface area (TPSA) is 55.6 Å². The van der Waals surface area contributed by atoms with Crippen LogP contribution in [0.25, 0.3) is 0 Å². The van der Waals surface area contributed by atoms with Crippen LogP contribution in [0.3, 0.4) is 0 Å². The van der Waals surface area contributed by atoms with Crippen molar-refractivity contribution in [2.24, 2.45) is 0 Å². The van der Waals surface area contributed by atoms with Gasteiger partial charge in [0.2, 0.25) is 0 Å². The zero-order valence-electron chi connectivity index (χ0n) is 12.8. The summed E-state index contributed by atoms with van der Waals surface area (Å²) in [6.07, 6.45) is 0. The Balaban J connectivity index is 2.39. The SMILES string of the molecule is COc1cc(N)ccc1C(=O)N(C)c1ccc(C)cc1C. The Morgan fingerprint density at radius 3 is 2.48 bits per heavy atom. The average Bonchev–Trinajstić information content (AvgIpc) is 2.45. The van der Waals surface area contributed by atoms with Gasteiger partial charge < -0.3 is 15.4 Å². The molecular weight excluding hydrogens is 264 g/mol. The molecule has 4 nitrogen and oxygen atoms in total. The first-order valence-electron chi connectivity index (χ1n) is 6.73. The maximum absolute atomic E-state index is 12.7. The van der Waals surface area contributed by atoms with E-state index in [4.69, 9.17) is 10.5 Å². The fraction of sp³-hybridized carbons (Fsp3) is 0.235. The number of nitrogens with zero attached hydrogens (tertiary/aromatic N) is 1. The van der Waals surface area contributed by atoms with Crippen LogP contribution < -0.4 is 15.4 Å². The minimum absolute atomic E-state index is 0.126. The zero-order valence-corrected chi connectivity index (χ0v) is 12.8. The van der Waals surface area contributed by atoms with Gasteiger partial charge in [0.25, 0.3) is 5.91 Å². The second-order valence-electron chi connectivity index (χ2n) is 5.11. The number of amides is 1. The zero-order chi connectivity index (χ0) is 15.6. The van der Waals surface area contributed by atoms with Crippen molar-refractivity contribution >= 4 is 17.3 Å². The predicted octanol–water partition coefficient (Wildman–Crippen LogP) is 3.17. The number of aryl methyl sites for hydroxylation is 2. The number of hydrogen-bond donors (Lipinski definition) is 1. The lowest BCUT2D eigenvalue weighted by atomic mass is 10.1. The number of carbonyl (C=O) groups is 1. The largest absolute Gasteiger partial charge is 0.496 e. The molecule has 2 aromatic rings. The molecule has 0 unspecified atom stereocenters.